The van der Waals surface area contributed by atoms with E-state index in [1.807, 2.05) is 0 Å². The van der Waals surface area contributed by atoms with Crippen molar-refractivity contribution < 1.29 is 18.3 Å². The maximum atomic E-state index is 12.9. The van der Waals surface area contributed by atoms with E-state index in [0.29, 0.717) is 29.8 Å². The molecule has 110 valence electrons. The minimum atomic E-state index is -4.37. The van der Waals surface area contributed by atoms with Gasteiger partial charge in [-0.25, -0.2) is 0 Å². The van der Waals surface area contributed by atoms with Gasteiger partial charge >= 0.3 is 6.18 Å². The zero-order chi connectivity index (χ0) is 15.0. The molecule has 0 spiro atoms. The molecule has 0 amide bonds. The van der Waals surface area contributed by atoms with Crippen LogP contribution in [0.15, 0.2) is 42.5 Å². The van der Waals surface area contributed by atoms with Gasteiger partial charge in [0.25, 0.3) is 0 Å². The second-order valence-electron chi connectivity index (χ2n) is 5.13. The van der Waals surface area contributed by atoms with E-state index < -0.39 is 11.7 Å². The number of halogens is 3. The monoisotopic (exact) mass is 293 g/mol. The van der Waals surface area contributed by atoms with E-state index in [9.17, 15) is 18.3 Å². The molecule has 2 nitrogen and oxygen atoms in total. The second kappa shape index (κ2) is 4.98. The molecule has 1 heterocycles. The van der Waals surface area contributed by atoms with Gasteiger partial charge < -0.3 is 10.4 Å². The van der Waals surface area contributed by atoms with Crippen LogP contribution in [-0.4, -0.2) is 11.7 Å². The fourth-order valence-electron chi connectivity index (χ4n) is 2.80. The van der Waals surface area contributed by atoms with Crippen LogP contribution in [0.25, 0.3) is 0 Å². The van der Waals surface area contributed by atoms with Gasteiger partial charge in [0, 0.05) is 23.7 Å². The molecule has 21 heavy (non-hydrogen) atoms. The Labute approximate surface area is 120 Å². The third kappa shape index (κ3) is 2.55. The van der Waals surface area contributed by atoms with Crippen molar-refractivity contribution in [2.45, 2.75) is 18.5 Å². The van der Waals surface area contributed by atoms with Crippen LogP contribution in [0.3, 0.4) is 0 Å². The molecule has 0 bridgehead atoms. The number of fused-ring (bicyclic) bond motifs is 1. The summed E-state index contributed by atoms with van der Waals surface area (Å²) in [4.78, 5) is 0. The molecule has 0 saturated heterocycles. The molecule has 2 N–H and O–H groups in total. The summed E-state index contributed by atoms with van der Waals surface area (Å²) in [6.07, 6.45) is -3.72. The Bertz CT molecular complexity index is 667. The van der Waals surface area contributed by atoms with Gasteiger partial charge in [0.2, 0.25) is 0 Å². The number of phenolic OH excluding ortho intramolecular Hbond substituents is 1. The third-order valence-electron chi connectivity index (χ3n) is 3.81. The van der Waals surface area contributed by atoms with Crippen molar-refractivity contribution >= 4 is 5.69 Å². The molecular weight excluding hydrogens is 279 g/mol. The first-order chi connectivity index (χ1) is 9.97. The lowest BCUT2D eigenvalue weighted by Crippen LogP contribution is -2.19. The van der Waals surface area contributed by atoms with E-state index in [0.717, 1.165) is 6.07 Å². The number of benzene rings is 2. The van der Waals surface area contributed by atoms with Crippen LogP contribution in [0.4, 0.5) is 18.9 Å². The lowest BCUT2D eigenvalue weighted by Gasteiger charge is -2.28. The molecule has 1 aliphatic heterocycles. The molecule has 0 aliphatic carbocycles. The van der Waals surface area contributed by atoms with Crippen molar-refractivity contribution in [3.63, 3.8) is 0 Å². The van der Waals surface area contributed by atoms with E-state index in [-0.39, 0.29) is 11.7 Å². The first kappa shape index (κ1) is 13.8. The average molecular weight is 293 g/mol. The van der Waals surface area contributed by atoms with Crippen molar-refractivity contribution in [3.05, 3.63) is 59.2 Å². The van der Waals surface area contributed by atoms with Gasteiger partial charge in [-0.05, 0) is 36.2 Å². The van der Waals surface area contributed by atoms with Crippen molar-refractivity contribution in [1.82, 2.24) is 0 Å². The molecule has 2 aromatic rings. The number of anilines is 1. The number of rotatable bonds is 1. The fourth-order valence-corrected chi connectivity index (χ4v) is 2.80. The summed E-state index contributed by atoms with van der Waals surface area (Å²) >= 11 is 0. The molecule has 1 atom stereocenters. The van der Waals surface area contributed by atoms with Gasteiger partial charge in [0.1, 0.15) is 5.75 Å². The molecule has 1 aliphatic rings. The first-order valence-corrected chi connectivity index (χ1v) is 6.70. The van der Waals surface area contributed by atoms with Crippen LogP contribution in [0.1, 0.15) is 29.0 Å². The lowest BCUT2D eigenvalue weighted by molar-refractivity contribution is -0.137. The van der Waals surface area contributed by atoms with Gasteiger partial charge in [-0.1, -0.05) is 18.2 Å². The van der Waals surface area contributed by atoms with Gasteiger partial charge in [-0.15, -0.1) is 0 Å². The number of aromatic hydroxyl groups is 1. The molecule has 0 aromatic heterocycles. The van der Waals surface area contributed by atoms with Crippen LogP contribution in [0.5, 0.6) is 5.75 Å². The lowest BCUT2D eigenvalue weighted by atomic mass is 9.84. The minimum absolute atomic E-state index is 0.118. The first-order valence-electron chi connectivity index (χ1n) is 6.70. The number of hydrogen-bond donors (Lipinski definition) is 2. The van der Waals surface area contributed by atoms with Crippen molar-refractivity contribution in [3.8, 4) is 5.75 Å². The van der Waals surface area contributed by atoms with E-state index in [4.69, 9.17) is 0 Å². The van der Waals surface area contributed by atoms with Gasteiger partial charge in [0.15, 0.2) is 0 Å². The highest BCUT2D eigenvalue weighted by Crippen LogP contribution is 2.42. The van der Waals surface area contributed by atoms with Crippen molar-refractivity contribution in [2.24, 2.45) is 0 Å². The highest BCUT2D eigenvalue weighted by atomic mass is 19.4. The topological polar surface area (TPSA) is 32.3 Å². The molecule has 0 saturated carbocycles. The summed E-state index contributed by atoms with van der Waals surface area (Å²) in [6, 6.07) is 10.5. The predicted molar refractivity (Wildman–Crippen MR) is 74.5 cm³/mol. The molecule has 3 rings (SSSR count). The van der Waals surface area contributed by atoms with Crippen LogP contribution in [0, 0.1) is 0 Å². The number of para-hydroxylation sites is 1. The maximum absolute atomic E-state index is 12.9. The summed E-state index contributed by atoms with van der Waals surface area (Å²) < 4.78 is 38.7. The Balaban J connectivity index is 2.10. The molecule has 0 fully saturated rings. The number of phenols is 1. The summed E-state index contributed by atoms with van der Waals surface area (Å²) in [5.41, 5.74) is 1.28. The summed E-state index contributed by atoms with van der Waals surface area (Å²) in [5.74, 6) is -0.113. The smallest absolute Gasteiger partial charge is 0.416 e. The molecule has 2 aromatic carbocycles. The average Bonchev–Trinajstić information content (AvgIpc) is 2.46. The summed E-state index contributed by atoms with van der Waals surface area (Å²) in [7, 11) is 0. The number of nitrogens with one attached hydrogen (secondary N) is 1. The van der Waals surface area contributed by atoms with E-state index in [1.54, 1.807) is 24.3 Å². The standard InChI is InChI=1S/C16H14F3NO/c17-16(18,19)10-5-6-14-13(9-10)11(7-8-20-14)12-3-1-2-4-15(12)21/h1-6,9,11,20-21H,7-8H2. The zero-order valence-corrected chi connectivity index (χ0v) is 11.1. The summed E-state index contributed by atoms with van der Waals surface area (Å²) in [5, 5.41) is 13.1. The Morgan fingerprint density at radius 1 is 1.05 bits per heavy atom. The van der Waals surface area contributed by atoms with Crippen LogP contribution >= 0.6 is 0 Å². The largest absolute Gasteiger partial charge is 0.508 e. The van der Waals surface area contributed by atoms with E-state index >= 15 is 0 Å². The highest BCUT2D eigenvalue weighted by Gasteiger charge is 2.33. The van der Waals surface area contributed by atoms with E-state index in [2.05, 4.69) is 5.32 Å². The SMILES string of the molecule is Oc1ccccc1C1CCNc2ccc(C(F)(F)F)cc21. The predicted octanol–water partition coefficient (Wildman–Crippen LogP) is 4.36. The Morgan fingerprint density at radius 2 is 1.81 bits per heavy atom. The zero-order valence-electron chi connectivity index (χ0n) is 11.1. The quantitative estimate of drug-likeness (QED) is 0.819. The van der Waals surface area contributed by atoms with Gasteiger partial charge in [-0.3, -0.25) is 0 Å². The van der Waals surface area contributed by atoms with Gasteiger partial charge in [0.05, 0.1) is 5.56 Å². The second-order valence-corrected chi connectivity index (χ2v) is 5.13. The minimum Gasteiger partial charge on any atom is -0.508 e. The fraction of sp³-hybridized carbons (Fsp3) is 0.250. The Morgan fingerprint density at radius 3 is 2.52 bits per heavy atom. The van der Waals surface area contributed by atoms with Crippen LogP contribution in [0.2, 0.25) is 0 Å². The van der Waals surface area contributed by atoms with Crippen LogP contribution < -0.4 is 5.32 Å². The molecule has 5 heteroatoms. The Kier molecular flexibility index (Phi) is 3.27. The van der Waals surface area contributed by atoms with Crippen molar-refractivity contribution in [1.29, 1.82) is 0 Å². The number of hydrogen-bond acceptors (Lipinski definition) is 2. The normalized spacial score (nSPS) is 18.0. The Hall–Kier alpha value is -2.17. The molecular formula is C16H14F3NO. The van der Waals surface area contributed by atoms with Crippen LogP contribution in [-0.2, 0) is 6.18 Å². The highest BCUT2D eigenvalue weighted by molar-refractivity contribution is 5.60. The molecule has 1 unspecified atom stereocenters. The third-order valence-corrected chi connectivity index (χ3v) is 3.81. The van der Waals surface area contributed by atoms with Crippen molar-refractivity contribution in [2.75, 3.05) is 11.9 Å². The number of alkyl halides is 3. The molecule has 0 radical (unpaired) electrons. The summed E-state index contributed by atoms with van der Waals surface area (Å²) in [6.45, 7) is 0.664. The van der Waals surface area contributed by atoms with Gasteiger partial charge in [-0.2, -0.15) is 13.2 Å². The maximum Gasteiger partial charge on any atom is 0.416 e. The van der Waals surface area contributed by atoms with E-state index in [1.165, 1.54) is 12.1 Å².